The van der Waals surface area contributed by atoms with E-state index in [4.69, 9.17) is 18.9 Å². The molecule has 0 amide bonds. The third kappa shape index (κ3) is 3.45. The Bertz CT molecular complexity index is 198. The Hall–Kier alpha value is -0.0951. The molecule has 0 aromatic carbocycles. The highest BCUT2D eigenvalue weighted by Crippen LogP contribution is 2.23. The minimum Gasteiger partial charge on any atom is -0.382 e. The first-order chi connectivity index (χ1) is 7.00. The number of hydrogen-bond donors (Lipinski definition) is 0. The summed E-state index contributed by atoms with van der Waals surface area (Å²) in [5.74, 6) is 0. The maximum atomic E-state index is 5.98. The van der Waals surface area contributed by atoms with Gasteiger partial charge in [-0.2, -0.15) is 0 Å². The van der Waals surface area contributed by atoms with Gasteiger partial charge in [-0.1, -0.05) is 0 Å². The van der Waals surface area contributed by atoms with Crippen LogP contribution in [-0.2, 0) is 18.9 Å². The molecule has 1 rings (SSSR count). The number of hydrogen-bond acceptors (Lipinski definition) is 4. The monoisotopic (exact) mass is 216 g/mol. The summed E-state index contributed by atoms with van der Waals surface area (Å²) in [4.78, 5) is 0. The van der Waals surface area contributed by atoms with Gasteiger partial charge in [-0.15, -0.1) is 0 Å². The van der Waals surface area contributed by atoms with Crippen LogP contribution < -0.4 is 0 Å². The molecule has 0 saturated carbocycles. The molecule has 1 saturated heterocycles. The van der Waals surface area contributed by atoms with Crippen LogP contribution in [0.15, 0.2) is 0 Å². The van der Waals surface area contributed by atoms with E-state index < -0.39 is 0 Å². The molecule has 1 heterocycles. The molecule has 1 fully saturated rings. The smallest absolute Gasteiger partial charge is 0.142 e. The predicted molar refractivity (Wildman–Crippen MR) is 59.9 cm³/mol. The van der Waals surface area contributed by atoms with Crippen LogP contribution in [0.5, 0.6) is 0 Å². The van der Waals surface area contributed by atoms with Gasteiger partial charge in [0.1, 0.15) is 20.1 Å². The van der Waals surface area contributed by atoms with Crippen molar-refractivity contribution in [1.29, 1.82) is 0 Å². The van der Waals surface area contributed by atoms with Gasteiger partial charge in [0, 0.05) is 14.2 Å². The van der Waals surface area contributed by atoms with Crippen LogP contribution in [-0.4, -0.2) is 59.1 Å². The van der Waals surface area contributed by atoms with Crippen LogP contribution in [0, 0.1) is 0 Å². The van der Waals surface area contributed by atoms with Gasteiger partial charge in [0.15, 0.2) is 0 Å². The lowest BCUT2D eigenvalue weighted by Crippen LogP contribution is -2.43. The Morgan fingerprint density at radius 2 is 2.07 bits per heavy atom. The molecule has 4 nitrogen and oxygen atoms in total. The van der Waals surface area contributed by atoms with Gasteiger partial charge in [-0.25, -0.2) is 0 Å². The summed E-state index contributed by atoms with van der Waals surface area (Å²) in [6.07, 6.45) is 0.0104. The molecule has 1 aliphatic rings. The first kappa shape index (κ1) is 13.0. The molecule has 0 aromatic rings. The van der Waals surface area contributed by atoms with E-state index in [-0.39, 0.29) is 23.8 Å². The van der Waals surface area contributed by atoms with Crippen LogP contribution in [0.4, 0.5) is 0 Å². The quantitative estimate of drug-likeness (QED) is 0.596. The predicted octanol–water partition coefficient (Wildman–Crippen LogP) is -0.199. The molecule has 0 N–H and O–H groups in total. The maximum absolute atomic E-state index is 5.98. The van der Waals surface area contributed by atoms with E-state index >= 15 is 0 Å². The highest BCUT2D eigenvalue weighted by Gasteiger charge is 2.39. The zero-order chi connectivity index (χ0) is 11.5. The summed E-state index contributed by atoms with van der Waals surface area (Å²) in [5.41, 5.74) is -0.307. The van der Waals surface area contributed by atoms with Gasteiger partial charge in [-0.05, 0) is 13.8 Å². The molecule has 0 aliphatic carbocycles. The second-order valence-electron chi connectivity index (χ2n) is 4.59. The van der Waals surface area contributed by atoms with E-state index in [0.29, 0.717) is 13.2 Å². The molecule has 88 valence electrons. The topological polar surface area (TPSA) is 36.9 Å². The number of methoxy groups -OCH3 is 2. The summed E-state index contributed by atoms with van der Waals surface area (Å²) >= 11 is 0. The Morgan fingerprint density at radius 1 is 1.40 bits per heavy atom. The minimum absolute atomic E-state index is 0.0138. The van der Waals surface area contributed by atoms with E-state index in [1.807, 2.05) is 21.7 Å². The first-order valence-corrected chi connectivity index (χ1v) is 5.31. The molecule has 0 radical (unpaired) electrons. The van der Waals surface area contributed by atoms with Crippen LogP contribution in [0.2, 0.25) is 0 Å². The van der Waals surface area contributed by atoms with Crippen molar-refractivity contribution in [3.05, 3.63) is 0 Å². The molecule has 0 spiro atoms. The van der Waals surface area contributed by atoms with E-state index in [1.165, 1.54) is 0 Å². The third-order valence-electron chi connectivity index (χ3n) is 2.60. The molecule has 3 atom stereocenters. The number of ether oxygens (including phenoxy) is 4. The molecule has 0 bridgehead atoms. The fraction of sp³-hybridized carbons (Fsp3) is 1.00. The van der Waals surface area contributed by atoms with Crippen molar-refractivity contribution in [2.45, 2.75) is 37.7 Å². The zero-order valence-corrected chi connectivity index (χ0v) is 10.3. The maximum Gasteiger partial charge on any atom is 0.142 e. The molecule has 5 heteroatoms. The average molecular weight is 216 g/mol. The van der Waals surface area contributed by atoms with Crippen molar-refractivity contribution in [1.82, 2.24) is 0 Å². The van der Waals surface area contributed by atoms with Crippen molar-refractivity contribution >= 4 is 7.85 Å². The number of rotatable bonds is 5. The highest BCUT2D eigenvalue weighted by atomic mass is 16.6. The van der Waals surface area contributed by atoms with Crippen molar-refractivity contribution < 1.29 is 18.9 Å². The zero-order valence-electron chi connectivity index (χ0n) is 10.3. The highest BCUT2D eigenvalue weighted by molar-refractivity contribution is 6.11. The van der Waals surface area contributed by atoms with Crippen molar-refractivity contribution in [3.63, 3.8) is 0 Å². The van der Waals surface area contributed by atoms with Crippen LogP contribution >= 0.6 is 0 Å². The van der Waals surface area contributed by atoms with E-state index in [1.54, 1.807) is 14.2 Å². The Labute approximate surface area is 92.6 Å². The van der Waals surface area contributed by atoms with Gasteiger partial charge < -0.3 is 18.9 Å². The van der Waals surface area contributed by atoms with Gasteiger partial charge in [-0.3, -0.25) is 0 Å². The Morgan fingerprint density at radius 3 is 2.60 bits per heavy atom. The lowest BCUT2D eigenvalue weighted by atomic mass is 9.93. The van der Waals surface area contributed by atoms with Crippen molar-refractivity contribution in [2.75, 3.05) is 27.4 Å². The summed E-state index contributed by atoms with van der Waals surface area (Å²) in [7, 11) is 5.37. The summed E-state index contributed by atoms with van der Waals surface area (Å²) in [5, 5.41) is 0. The Kier molecular flexibility index (Phi) is 4.58. The largest absolute Gasteiger partial charge is 0.382 e. The SMILES string of the molecule is B[C@@H]1OCC(OC)C1OC(C)(C)COC. The second kappa shape index (κ2) is 5.30. The molecule has 0 aromatic heterocycles. The van der Waals surface area contributed by atoms with Gasteiger partial charge in [0.25, 0.3) is 0 Å². The Balaban J connectivity index is 2.54. The molecule has 15 heavy (non-hydrogen) atoms. The lowest BCUT2D eigenvalue weighted by molar-refractivity contribution is -0.137. The van der Waals surface area contributed by atoms with Crippen molar-refractivity contribution in [2.24, 2.45) is 0 Å². The first-order valence-electron chi connectivity index (χ1n) is 5.31. The second-order valence-corrected chi connectivity index (χ2v) is 4.59. The van der Waals surface area contributed by atoms with Crippen molar-refractivity contribution in [3.8, 4) is 0 Å². The average Bonchev–Trinajstić information content (AvgIpc) is 2.47. The van der Waals surface area contributed by atoms with Gasteiger partial charge >= 0.3 is 0 Å². The van der Waals surface area contributed by atoms with E-state index in [0.717, 1.165) is 0 Å². The van der Waals surface area contributed by atoms with Gasteiger partial charge in [0.2, 0.25) is 0 Å². The summed E-state index contributed by atoms with van der Waals surface area (Å²) in [6, 6.07) is 0.0751. The van der Waals surface area contributed by atoms with E-state index in [9.17, 15) is 0 Å². The molecular weight excluding hydrogens is 195 g/mol. The third-order valence-corrected chi connectivity index (χ3v) is 2.60. The fourth-order valence-corrected chi connectivity index (χ4v) is 1.86. The normalized spacial score (nSPS) is 32.1. The fourth-order valence-electron chi connectivity index (χ4n) is 1.86. The lowest BCUT2D eigenvalue weighted by Gasteiger charge is -2.31. The van der Waals surface area contributed by atoms with Gasteiger partial charge in [0.05, 0.1) is 24.8 Å². The molecular formula is C10H21BO4. The van der Waals surface area contributed by atoms with Crippen LogP contribution in [0.3, 0.4) is 0 Å². The standard InChI is InChI=1S/C10H21BO4/c1-10(2,6-12-3)15-8-7(13-4)5-14-9(8)11/h7-9H,5-6,11H2,1-4H3/t7?,8?,9-/m1/s1. The van der Waals surface area contributed by atoms with E-state index in [2.05, 4.69) is 0 Å². The minimum atomic E-state index is -0.307. The summed E-state index contributed by atoms with van der Waals surface area (Å²) < 4.78 is 21.9. The molecule has 1 aliphatic heterocycles. The van der Waals surface area contributed by atoms with Crippen LogP contribution in [0.25, 0.3) is 0 Å². The summed E-state index contributed by atoms with van der Waals surface area (Å²) in [6.45, 7) is 5.18. The van der Waals surface area contributed by atoms with Crippen LogP contribution in [0.1, 0.15) is 13.8 Å². The molecule has 2 unspecified atom stereocenters.